The fourth-order valence-corrected chi connectivity index (χ4v) is 2.08. The van der Waals surface area contributed by atoms with E-state index in [2.05, 4.69) is 32.9 Å². The zero-order chi connectivity index (χ0) is 11.1. The molecule has 0 bridgehead atoms. The van der Waals surface area contributed by atoms with Gasteiger partial charge in [-0.3, -0.25) is 0 Å². The van der Waals surface area contributed by atoms with Crippen LogP contribution in [-0.2, 0) is 0 Å². The van der Waals surface area contributed by atoms with Crippen LogP contribution in [0.1, 0.15) is 19.4 Å². The van der Waals surface area contributed by atoms with Crippen molar-refractivity contribution in [2.45, 2.75) is 20.8 Å². The zero-order valence-electron chi connectivity index (χ0n) is 9.82. The number of hydrogen-bond donors (Lipinski definition) is 0. The summed E-state index contributed by atoms with van der Waals surface area (Å²) >= 11 is 1.96. The normalized spacial score (nSPS) is 10.7. The molecule has 0 saturated carbocycles. The van der Waals surface area contributed by atoms with E-state index in [-0.39, 0.29) is 0 Å². The first kappa shape index (κ1) is 12.4. The Morgan fingerprint density at radius 1 is 1.33 bits per heavy atom. The van der Waals surface area contributed by atoms with E-state index in [1.165, 1.54) is 11.3 Å². The largest absolute Gasteiger partial charge is 0.493 e. The van der Waals surface area contributed by atoms with Gasteiger partial charge in [0, 0.05) is 5.75 Å². The third-order valence-electron chi connectivity index (χ3n) is 1.94. The van der Waals surface area contributed by atoms with Crippen molar-refractivity contribution in [1.29, 1.82) is 0 Å². The molecule has 0 N–H and O–H groups in total. The maximum absolute atomic E-state index is 5.65. The minimum absolute atomic E-state index is 0.772. The van der Waals surface area contributed by atoms with Crippen molar-refractivity contribution in [1.82, 2.24) is 0 Å². The van der Waals surface area contributed by atoms with Gasteiger partial charge in [0.1, 0.15) is 5.75 Å². The van der Waals surface area contributed by atoms with Crippen LogP contribution < -0.4 is 4.74 Å². The van der Waals surface area contributed by atoms with E-state index in [4.69, 9.17) is 4.74 Å². The number of rotatable bonds is 6. The molecule has 0 fully saturated rings. The maximum Gasteiger partial charge on any atom is 0.119 e. The van der Waals surface area contributed by atoms with E-state index in [0.29, 0.717) is 0 Å². The highest BCUT2D eigenvalue weighted by Crippen LogP contribution is 2.13. The molecular weight excluding hydrogens is 204 g/mol. The van der Waals surface area contributed by atoms with Crippen LogP contribution in [0.2, 0.25) is 0 Å². The number of benzene rings is 1. The average molecular weight is 224 g/mol. The summed E-state index contributed by atoms with van der Waals surface area (Å²) in [6, 6.07) is 8.21. The summed E-state index contributed by atoms with van der Waals surface area (Å²) in [6.07, 6.45) is 0. The molecule has 2 heteroatoms. The molecule has 0 saturated heterocycles. The van der Waals surface area contributed by atoms with E-state index in [0.717, 1.165) is 24.0 Å². The van der Waals surface area contributed by atoms with E-state index >= 15 is 0 Å². The topological polar surface area (TPSA) is 9.23 Å². The predicted molar refractivity (Wildman–Crippen MR) is 68.8 cm³/mol. The van der Waals surface area contributed by atoms with E-state index in [1.54, 1.807) is 0 Å². The second-order valence-electron chi connectivity index (χ2n) is 4.13. The first-order chi connectivity index (χ1) is 7.18. The van der Waals surface area contributed by atoms with Crippen LogP contribution >= 0.6 is 11.8 Å². The highest BCUT2D eigenvalue weighted by molar-refractivity contribution is 7.99. The van der Waals surface area contributed by atoms with Gasteiger partial charge in [-0.15, -0.1) is 0 Å². The van der Waals surface area contributed by atoms with Gasteiger partial charge in [-0.25, -0.2) is 0 Å². The van der Waals surface area contributed by atoms with Gasteiger partial charge in [-0.05, 0) is 36.3 Å². The Labute approximate surface area is 97.2 Å². The SMILES string of the molecule is Cc1cccc(OCCSCC(C)C)c1. The van der Waals surface area contributed by atoms with Crippen molar-refractivity contribution in [3.8, 4) is 5.75 Å². The smallest absolute Gasteiger partial charge is 0.119 e. The van der Waals surface area contributed by atoms with Crippen molar-refractivity contribution in [3.63, 3.8) is 0 Å². The molecule has 0 aliphatic carbocycles. The van der Waals surface area contributed by atoms with Crippen LogP contribution in [0.4, 0.5) is 0 Å². The Hall–Kier alpha value is -0.630. The van der Waals surface area contributed by atoms with E-state index in [9.17, 15) is 0 Å². The molecule has 0 heterocycles. The van der Waals surface area contributed by atoms with Crippen molar-refractivity contribution in [2.24, 2.45) is 5.92 Å². The molecule has 15 heavy (non-hydrogen) atoms. The van der Waals surface area contributed by atoms with Gasteiger partial charge in [0.25, 0.3) is 0 Å². The highest BCUT2D eigenvalue weighted by Gasteiger charge is 1.96. The summed E-state index contributed by atoms with van der Waals surface area (Å²) < 4.78 is 5.65. The average Bonchev–Trinajstić information content (AvgIpc) is 2.17. The summed E-state index contributed by atoms with van der Waals surface area (Å²) in [5.74, 6) is 4.05. The van der Waals surface area contributed by atoms with E-state index in [1.807, 2.05) is 23.9 Å². The number of aryl methyl sites for hydroxylation is 1. The molecule has 0 spiro atoms. The minimum atomic E-state index is 0.772. The third kappa shape index (κ3) is 5.73. The molecule has 1 nitrogen and oxygen atoms in total. The molecule has 0 atom stereocenters. The lowest BCUT2D eigenvalue weighted by molar-refractivity contribution is 0.343. The lowest BCUT2D eigenvalue weighted by Gasteiger charge is -2.07. The summed E-state index contributed by atoms with van der Waals surface area (Å²) in [5.41, 5.74) is 1.25. The van der Waals surface area contributed by atoms with Crippen molar-refractivity contribution >= 4 is 11.8 Å². The fraction of sp³-hybridized carbons (Fsp3) is 0.538. The Bertz CT molecular complexity index is 284. The molecule has 0 unspecified atom stereocenters. The van der Waals surface area contributed by atoms with Crippen LogP contribution in [0.5, 0.6) is 5.75 Å². The Balaban J connectivity index is 2.15. The maximum atomic E-state index is 5.65. The molecule has 1 aromatic carbocycles. The molecule has 1 aromatic rings. The molecule has 0 aliphatic rings. The molecule has 0 radical (unpaired) electrons. The quantitative estimate of drug-likeness (QED) is 0.680. The standard InChI is InChI=1S/C13H20OS/c1-11(2)10-15-8-7-14-13-6-4-5-12(3)9-13/h4-6,9,11H,7-8,10H2,1-3H3. The lowest BCUT2D eigenvalue weighted by Crippen LogP contribution is -2.02. The van der Waals surface area contributed by atoms with Gasteiger partial charge in [-0.1, -0.05) is 26.0 Å². The van der Waals surface area contributed by atoms with Crippen LogP contribution in [0.3, 0.4) is 0 Å². The fourth-order valence-electron chi connectivity index (χ4n) is 1.24. The molecule has 84 valence electrons. The monoisotopic (exact) mass is 224 g/mol. The molecule has 0 aliphatic heterocycles. The predicted octanol–water partition coefficient (Wildman–Crippen LogP) is 3.76. The number of ether oxygens (including phenoxy) is 1. The Morgan fingerprint density at radius 3 is 2.80 bits per heavy atom. The first-order valence-electron chi connectivity index (χ1n) is 5.45. The van der Waals surface area contributed by atoms with Crippen molar-refractivity contribution in [3.05, 3.63) is 29.8 Å². The van der Waals surface area contributed by atoms with Gasteiger partial charge in [-0.2, -0.15) is 11.8 Å². The third-order valence-corrected chi connectivity index (χ3v) is 3.29. The summed E-state index contributed by atoms with van der Waals surface area (Å²) in [7, 11) is 0. The van der Waals surface area contributed by atoms with Crippen molar-refractivity contribution < 1.29 is 4.74 Å². The second kappa shape index (κ2) is 6.78. The first-order valence-corrected chi connectivity index (χ1v) is 6.61. The molecular formula is C13H20OS. The highest BCUT2D eigenvalue weighted by atomic mass is 32.2. The number of thioether (sulfide) groups is 1. The summed E-state index contributed by atoms with van der Waals surface area (Å²) in [6.45, 7) is 7.38. The van der Waals surface area contributed by atoms with Crippen LogP contribution in [0.15, 0.2) is 24.3 Å². The summed E-state index contributed by atoms with van der Waals surface area (Å²) in [4.78, 5) is 0. The molecule has 1 rings (SSSR count). The van der Waals surface area contributed by atoms with Gasteiger partial charge in [0.15, 0.2) is 0 Å². The van der Waals surface area contributed by atoms with Gasteiger partial charge < -0.3 is 4.74 Å². The second-order valence-corrected chi connectivity index (χ2v) is 5.28. The lowest BCUT2D eigenvalue weighted by atomic mass is 10.2. The number of hydrogen-bond acceptors (Lipinski definition) is 2. The van der Waals surface area contributed by atoms with Crippen LogP contribution in [-0.4, -0.2) is 18.1 Å². The van der Waals surface area contributed by atoms with Crippen LogP contribution in [0.25, 0.3) is 0 Å². The van der Waals surface area contributed by atoms with E-state index < -0.39 is 0 Å². The summed E-state index contributed by atoms with van der Waals surface area (Å²) in [5, 5.41) is 0. The van der Waals surface area contributed by atoms with Crippen LogP contribution in [0, 0.1) is 12.8 Å². The zero-order valence-corrected chi connectivity index (χ0v) is 10.6. The Kier molecular flexibility index (Phi) is 5.62. The Morgan fingerprint density at radius 2 is 2.13 bits per heavy atom. The van der Waals surface area contributed by atoms with Gasteiger partial charge in [0.2, 0.25) is 0 Å². The minimum Gasteiger partial charge on any atom is -0.493 e. The van der Waals surface area contributed by atoms with Crippen molar-refractivity contribution in [2.75, 3.05) is 18.1 Å². The molecule has 0 aromatic heterocycles. The van der Waals surface area contributed by atoms with Gasteiger partial charge >= 0.3 is 0 Å². The van der Waals surface area contributed by atoms with Gasteiger partial charge in [0.05, 0.1) is 6.61 Å². The molecule has 0 amide bonds.